The lowest BCUT2D eigenvalue weighted by Crippen LogP contribution is -2.40. The monoisotopic (exact) mass is 287 g/mol. The first-order valence-electron chi connectivity index (χ1n) is 5.49. The van der Waals surface area contributed by atoms with Crippen LogP contribution in [-0.2, 0) is 14.8 Å². The fourth-order valence-electron chi connectivity index (χ4n) is 1.53. The van der Waals surface area contributed by atoms with E-state index in [1.54, 1.807) is 19.9 Å². The first kappa shape index (κ1) is 15.4. The molecule has 1 rings (SSSR count). The summed E-state index contributed by atoms with van der Waals surface area (Å²) in [5.74, 6) is -1.00. The predicted molar refractivity (Wildman–Crippen MR) is 70.7 cm³/mol. The number of hydrogen-bond acceptors (Lipinski definition) is 5. The van der Waals surface area contributed by atoms with Gasteiger partial charge >= 0.3 is 0 Å². The van der Waals surface area contributed by atoms with Crippen LogP contribution in [0.4, 0.5) is 5.69 Å². The van der Waals surface area contributed by atoms with Crippen LogP contribution in [0.15, 0.2) is 17.0 Å². The van der Waals surface area contributed by atoms with Gasteiger partial charge in [-0.2, -0.15) is 0 Å². The number of aryl methyl sites for hydroxylation is 1. The summed E-state index contributed by atoms with van der Waals surface area (Å²) in [6.45, 7) is 2.89. The van der Waals surface area contributed by atoms with Crippen molar-refractivity contribution in [3.8, 4) is 0 Å². The van der Waals surface area contributed by atoms with Gasteiger partial charge in [0.15, 0.2) is 0 Å². The Morgan fingerprint density at radius 2 is 2.00 bits per heavy atom. The molecule has 1 amide bonds. The van der Waals surface area contributed by atoms with Crippen molar-refractivity contribution in [1.29, 1.82) is 0 Å². The number of nitrogens with two attached hydrogens (primary N) is 2. The van der Waals surface area contributed by atoms with E-state index in [4.69, 9.17) is 11.5 Å². The van der Waals surface area contributed by atoms with Crippen LogP contribution in [0.2, 0.25) is 0 Å². The molecule has 1 atom stereocenters. The zero-order valence-electron chi connectivity index (χ0n) is 10.7. The van der Waals surface area contributed by atoms with Crippen molar-refractivity contribution in [2.75, 3.05) is 12.3 Å². The van der Waals surface area contributed by atoms with E-state index in [-0.39, 0.29) is 10.6 Å². The van der Waals surface area contributed by atoms with Crippen LogP contribution < -0.4 is 16.2 Å². The van der Waals surface area contributed by atoms with Crippen molar-refractivity contribution in [2.24, 2.45) is 5.73 Å². The van der Waals surface area contributed by atoms with Gasteiger partial charge in [-0.25, -0.2) is 13.1 Å². The van der Waals surface area contributed by atoms with Crippen LogP contribution in [0.3, 0.4) is 0 Å². The third-order valence-corrected chi connectivity index (χ3v) is 4.40. The second kappa shape index (κ2) is 5.55. The van der Waals surface area contributed by atoms with Crippen molar-refractivity contribution in [3.05, 3.63) is 23.3 Å². The lowest BCUT2D eigenvalue weighted by Gasteiger charge is -2.14. The standard InChI is InChI=1S/C11H17N3O4S/c1-6-3-4-8(12)10(7(6)2)19(17,18)14-5-9(15)11(13)16/h3-4,9,14-15H,5,12H2,1-2H3,(H2,13,16). The maximum Gasteiger partial charge on any atom is 0.247 e. The van der Waals surface area contributed by atoms with Gasteiger partial charge in [0.05, 0.1) is 5.69 Å². The molecule has 1 aromatic rings. The van der Waals surface area contributed by atoms with Gasteiger partial charge in [0.1, 0.15) is 11.0 Å². The molecule has 0 saturated heterocycles. The Hall–Kier alpha value is -1.64. The second-order valence-corrected chi connectivity index (χ2v) is 5.90. The van der Waals surface area contributed by atoms with E-state index in [0.717, 1.165) is 5.56 Å². The number of primary amides is 1. The number of hydrogen-bond donors (Lipinski definition) is 4. The quantitative estimate of drug-likeness (QED) is 0.516. The third kappa shape index (κ3) is 3.43. The molecule has 0 aliphatic heterocycles. The van der Waals surface area contributed by atoms with Gasteiger partial charge < -0.3 is 16.6 Å². The Kier molecular flexibility index (Phi) is 4.51. The fourth-order valence-corrected chi connectivity index (χ4v) is 2.99. The van der Waals surface area contributed by atoms with Crippen molar-refractivity contribution in [1.82, 2.24) is 4.72 Å². The molecule has 106 valence electrons. The number of nitrogens with one attached hydrogen (secondary N) is 1. The van der Waals surface area contributed by atoms with Crippen LogP contribution in [0.5, 0.6) is 0 Å². The molecule has 0 bridgehead atoms. The Labute approximate surface area is 111 Å². The molecule has 1 aromatic carbocycles. The normalized spacial score (nSPS) is 13.2. The summed E-state index contributed by atoms with van der Waals surface area (Å²) >= 11 is 0. The largest absolute Gasteiger partial charge is 0.398 e. The van der Waals surface area contributed by atoms with Crippen LogP contribution in [-0.4, -0.2) is 32.1 Å². The van der Waals surface area contributed by atoms with Crippen molar-refractivity contribution in [2.45, 2.75) is 24.8 Å². The average Bonchev–Trinajstić information content (AvgIpc) is 2.31. The van der Waals surface area contributed by atoms with Crippen molar-refractivity contribution < 1.29 is 18.3 Å². The Balaban J connectivity index is 3.08. The minimum atomic E-state index is -3.92. The van der Waals surface area contributed by atoms with Gasteiger partial charge in [0.2, 0.25) is 15.9 Å². The van der Waals surface area contributed by atoms with Crippen molar-refractivity contribution in [3.63, 3.8) is 0 Å². The summed E-state index contributed by atoms with van der Waals surface area (Å²) in [6, 6.07) is 3.20. The van der Waals surface area contributed by atoms with Gasteiger partial charge in [-0.05, 0) is 31.0 Å². The van der Waals surface area contributed by atoms with E-state index in [0.29, 0.717) is 5.56 Å². The summed E-state index contributed by atoms with van der Waals surface area (Å²) in [7, 11) is -3.92. The first-order valence-corrected chi connectivity index (χ1v) is 6.98. The SMILES string of the molecule is Cc1ccc(N)c(S(=O)(=O)NCC(O)C(N)=O)c1C. The van der Waals surface area contributed by atoms with Gasteiger partial charge in [-0.3, -0.25) is 4.79 Å². The maximum absolute atomic E-state index is 12.1. The highest BCUT2D eigenvalue weighted by Crippen LogP contribution is 2.24. The molecule has 6 N–H and O–H groups in total. The molecule has 0 aromatic heterocycles. The minimum Gasteiger partial charge on any atom is -0.398 e. The second-order valence-electron chi connectivity index (χ2n) is 4.20. The van der Waals surface area contributed by atoms with E-state index in [2.05, 4.69) is 4.72 Å². The number of anilines is 1. The fraction of sp³-hybridized carbons (Fsp3) is 0.364. The molecule has 0 heterocycles. The van der Waals surface area contributed by atoms with Crippen LogP contribution in [0.1, 0.15) is 11.1 Å². The zero-order valence-corrected chi connectivity index (χ0v) is 11.5. The highest BCUT2D eigenvalue weighted by Gasteiger charge is 2.23. The van der Waals surface area contributed by atoms with E-state index < -0.39 is 28.6 Å². The predicted octanol–water partition coefficient (Wildman–Crippen LogP) is -0.990. The topological polar surface area (TPSA) is 136 Å². The lowest BCUT2D eigenvalue weighted by molar-refractivity contribution is -0.125. The highest BCUT2D eigenvalue weighted by molar-refractivity contribution is 7.89. The molecule has 8 heteroatoms. The Morgan fingerprint density at radius 1 is 1.42 bits per heavy atom. The molecule has 0 aliphatic carbocycles. The van der Waals surface area contributed by atoms with E-state index in [9.17, 15) is 18.3 Å². The minimum absolute atomic E-state index is 0.0517. The first-order chi connectivity index (χ1) is 8.66. The third-order valence-electron chi connectivity index (χ3n) is 2.77. The van der Waals surface area contributed by atoms with Gasteiger partial charge in [0.25, 0.3) is 0 Å². The molecule has 0 fully saturated rings. The molecule has 19 heavy (non-hydrogen) atoms. The van der Waals surface area contributed by atoms with Gasteiger partial charge in [-0.1, -0.05) is 6.07 Å². The number of nitrogen functional groups attached to an aromatic ring is 1. The number of carbonyl (C=O) groups is 1. The molecule has 0 saturated carbocycles. The molecule has 0 radical (unpaired) electrons. The maximum atomic E-state index is 12.1. The van der Waals surface area contributed by atoms with Gasteiger partial charge in [-0.15, -0.1) is 0 Å². The van der Waals surface area contributed by atoms with E-state index in [1.165, 1.54) is 6.07 Å². The molecular weight excluding hydrogens is 270 g/mol. The van der Waals surface area contributed by atoms with Crippen LogP contribution in [0.25, 0.3) is 0 Å². The number of carbonyl (C=O) groups excluding carboxylic acids is 1. The number of amides is 1. The smallest absolute Gasteiger partial charge is 0.247 e. The molecular formula is C11H17N3O4S. The number of benzene rings is 1. The van der Waals surface area contributed by atoms with Crippen LogP contribution >= 0.6 is 0 Å². The van der Waals surface area contributed by atoms with E-state index in [1.807, 2.05) is 0 Å². The summed E-state index contributed by atoms with van der Waals surface area (Å²) in [5.41, 5.74) is 11.9. The molecule has 0 aliphatic rings. The number of aliphatic hydroxyl groups is 1. The molecule has 1 unspecified atom stereocenters. The summed E-state index contributed by atoms with van der Waals surface area (Å²) < 4.78 is 26.3. The summed E-state index contributed by atoms with van der Waals surface area (Å²) in [5, 5.41) is 9.20. The van der Waals surface area contributed by atoms with Gasteiger partial charge in [0, 0.05) is 6.54 Å². The zero-order chi connectivity index (χ0) is 14.8. The summed E-state index contributed by atoms with van der Waals surface area (Å²) in [6.07, 6.45) is -1.58. The number of sulfonamides is 1. The lowest BCUT2D eigenvalue weighted by atomic mass is 10.1. The highest BCUT2D eigenvalue weighted by atomic mass is 32.2. The molecule has 7 nitrogen and oxygen atoms in total. The van der Waals surface area contributed by atoms with E-state index >= 15 is 0 Å². The number of rotatable bonds is 5. The number of aliphatic hydroxyl groups excluding tert-OH is 1. The molecule has 0 spiro atoms. The average molecular weight is 287 g/mol. The van der Waals surface area contributed by atoms with Crippen LogP contribution in [0, 0.1) is 13.8 Å². The Morgan fingerprint density at radius 3 is 2.53 bits per heavy atom. The van der Waals surface area contributed by atoms with Crippen molar-refractivity contribution >= 4 is 21.6 Å². The Bertz CT molecular complexity index is 598. The summed E-state index contributed by atoms with van der Waals surface area (Å²) in [4.78, 5) is 10.6.